The van der Waals surface area contributed by atoms with Gasteiger partial charge in [-0.25, -0.2) is 4.79 Å². The van der Waals surface area contributed by atoms with Gasteiger partial charge in [-0.3, -0.25) is 4.79 Å². The lowest BCUT2D eigenvalue weighted by Crippen LogP contribution is -2.34. The van der Waals surface area contributed by atoms with Gasteiger partial charge in [-0.05, 0) is 30.0 Å². The molecule has 2 aromatic carbocycles. The van der Waals surface area contributed by atoms with Crippen LogP contribution in [0.1, 0.15) is 17.5 Å². The topological polar surface area (TPSA) is 55.4 Å². The fraction of sp³-hybridized carbons (Fsp3) is 0.263. The fourth-order valence-electron chi connectivity index (χ4n) is 2.83. The van der Waals surface area contributed by atoms with E-state index in [0.717, 1.165) is 15.6 Å². The fourth-order valence-corrected chi connectivity index (χ4v) is 3.28. The van der Waals surface area contributed by atoms with E-state index in [1.54, 1.807) is 0 Å². The second-order valence-corrected chi connectivity index (χ2v) is 6.74. The molecular weight excluding hydrogens is 370 g/mol. The van der Waals surface area contributed by atoms with Gasteiger partial charge in [0.15, 0.2) is 0 Å². The molecule has 1 fully saturated rings. The molecule has 0 unspecified atom stereocenters. The van der Waals surface area contributed by atoms with Crippen LogP contribution in [0.5, 0.6) is 0 Å². The Morgan fingerprint density at radius 2 is 1.83 bits per heavy atom. The van der Waals surface area contributed by atoms with Crippen LogP contribution in [-0.4, -0.2) is 17.9 Å². The highest BCUT2D eigenvalue weighted by atomic mass is 79.9. The number of hydrogen-bond acceptors (Lipinski definition) is 3. The number of rotatable bonds is 5. The summed E-state index contributed by atoms with van der Waals surface area (Å²) in [4.78, 5) is 24.3. The van der Waals surface area contributed by atoms with E-state index in [9.17, 15) is 9.59 Å². The average molecular weight is 388 g/mol. The zero-order chi connectivity index (χ0) is 16.9. The summed E-state index contributed by atoms with van der Waals surface area (Å²) in [5, 5.41) is 2.75. The average Bonchev–Trinajstić information content (AvgIpc) is 2.96. The molecule has 2 atom stereocenters. The highest BCUT2D eigenvalue weighted by Gasteiger charge is 2.37. The zero-order valence-corrected chi connectivity index (χ0v) is 14.7. The zero-order valence-electron chi connectivity index (χ0n) is 13.1. The molecule has 1 aliphatic rings. The number of carbonyl (C=O) groups is 2. The summed E-state index contributed by atoms with van der Waals surface area (Å²) in [6, 6.07) is 16.8. The lowest BCUT2D eigenvalue weighted by atomic mass is 9.96. The van der Waals surface area contributed by atoms with Crippen LogP contribution in [-0.2, 0) is 27.4 Å². The van der Waals surface area contributed by atoms with E-state index in [1.807, 2.05) is 54.6 Å². The van der Waals surface area contributed by atoms with Crippen molar-refractivity contribution in [3.05, 3.63) is 70.2 Å². The van der Waals surface area contributed by atoms with E-state index in [2.05, 4.69) is 21.2 Å². The van der Waals surface area contributed by atoms with Crippen LogP contribution in [0.3, 0.4) is 0 Å². The van der Waals surface area contributed by atoms with Crippen molar-refractivity contribution in [2.75, 3.05) is 0 Å². The van der Waals surface area contributed by atoms with E-state index in [0.29, 0.717) is 12.8 Å². The lowest BCUT2D eigenvalue weighted by Gasteiger charge is -2.10. The maximum absolute atomic E-state index is 12.2. The third kappa shape index (κ3) is 4.03. The molecule has 0 bridgehead atoms. The summed E-state index contributed by atoms with van der Waals surface area (Å²) < 4.78 is 6.30. The molecule has 0 saturated carbocycles. The van der Waals surface area contributed by atoms with Crippen LogP contribution >= 0.6 is 15.9 Å². The van der Waals surface area contributed by atoms with Gasteiger partial charge in [-0.1, -0.05) is 64.5 Å². The quantitative estimate of drug-likeness (QED) is 0.801. The highest BCUT2D eigenvalue weighted by Crippen LogP contribution is 2.25. The normalized spacial score (nSPS) is 19.8. The minimum atomic E-state index is -0.561. The molecule has 24 heavy (non-hydrogen) atoms. The molecule has 0 aliphatic carbocycles. The monoisotopic (exact) mass is 387 g/mol. The summed E-state index contributed by atoms with van der Waals surface area (Å²) in [5.41, 5.74) is 2.00. The third-order valence-corrected chi connectivity index (χ3v) is 4.91. The first-order valence-corrected chi connectivity index (χ1v) is 8.67. The minimum absolute atomic E-state index is 0.0904. The molecule has 0 spiro atoms. The Labute approximate surface area is 149 Å². The molecule has 1 N–H and O–H groups in total. The summed E-state index contributed by atoms with van der Waals surface area (Å²) >= 11 is 3.49. The molecule has 1 heterocycles. The van der Waals surface area contributed by atoms with Crippen LogP contribution in [0.4, 0.5) is 0 Å². The van der Waals surface area contributed by atoms with Crippen molar-refractivity contribution in [2.45, 2.75) is 25.5 Å². The maximum Gasteiger partial charge on any atom is 0.328 e. The molecule has 4 nitrogen and oxygen atoms in total. The summed E-state index contributed by atoms with van der Waals surface area (Å²) in [6.07, 6.45) is 1.07. The van der Waals surface area contributed by atoms with Gasteiger partial charge in [-0.2, -0.15) is 0 Å². The van der Waals surface area contributed by atoms with Crippen LogP contribution in [0.25, 0.3) is 0 Å². The van der Waals surface area contributed by atoms with Crippen molar-refractivity contribution in [1.29, 1.82) is 0 Å². The van der Waals surface area contributed by atoms with Crippen molar-refractivity contribution in [1.82, 2.24) is 5.32 Å². The first kappa shape index (κ1) is 16.7. The predicted octanol–water partition coefficient (Wildman–Crippen LogP) is 3.24. The van der Waals surface area contributed by atoms with Crippen molar-refractivity contribution in [3.63, 3.8) is 0 Å². The van der Waals surface area contributed by atoms with Gasteiger partial charge in [0.25, 0.3) is 0 Å². The molecule has 0 radical (unpaired) electrons. The number of nitrogens with one attached hydrogen (secondary N) is 1. The Hall–Kier alpha value is -2.14. The van der Waals surface area contributed by atoms with Gasteiger partial charge in [0.05, 0.1) is 0 Å². The second kappa shape index (κ2) is 7.62. The summed E-state index contributed by atoms with van der Waals surface area (Å²) in [7, 11) is 0. The van der Waals surface area contributed by atoms with Crippen LogP contribution < -0.4 is 5.32 Å². The lowest BCUT2D eigenvalue weighted by molar-refractivity contribution is -0.147. The van der Waals surface area contributed by atoms with Gasteiger partial charge in [0, 0.05) is 10.4 Å². The molecule has 1 amide bonds. The first-order valence-electron chi connectivity index (χ1n) is 7.88. The number of esters is 1. The van der Waals surface area contributed by atoms with E-state index in [1.165, 1.54) is 0 Å². The van der Waals surface area contributed by atoms with E-state index < -0.39 is 6.04 Å². The Bertz CT molecular complexity index is 732. The van der Waals surface area contributed by atoms with E-state index in [4.69, 9.17) is 4.74 Å². The number of halogens is 1. The number of benzene rings is 2. The van der Waals surface area contributed by atoms with Gasteiger partial charge in [0.2, 0.25) is 5.91 Å². The maximum atomic E-state index is 12.2. The Balaban J connectivity index is 1.56. The molecule has 1 aliphatic heterocycles. The van der Waals surface area contributed by atoms with Crippen molar-refractivity contribution >= 4 is 27.8 Å². The van der Waals surface area contributed by atoms with Crippen LogP contribution in [0.15, 0.2) is 59.1 Å². The number of carbonyl (C=O) groups excluding carboxylic acids is 2. The van der Waals surface area contributed by atoms with Gasteiger partial charge >= 0.3 is 5.97 Å². The van der Waals surface area contributed by atoms with Crippen LogP contribution in [0.2, 0.25) is 0 Å². The largest absolute Gasteiger partial charge is 0.459 e. The molecule has 2 aromatic rings. The standard InChI is InChI=1S/C19H18BrNO3/c20-16-9-5-4-8-14(16)10-15-11-17(21-18(15)22)19(23)24-12-13-6-2-1-3-7-13/h1-9,15,17H,10-12H2,(H,21,22)/t15-,17+/m0/s1. The van der Waals surface area contributed by atoms with Crippen molar-refractivity contribution in [3.8, 4) is 0 Å². The second-order valence-electron chi connectivity index (χ2n) is 5.88. The molecular formula is C19H18BrNO3. The Morgan fingerprint density at radius 3 is 2.58 bits per heavy atom. The molecule has 1 saturated heterocycles. The third-order valence-electron chi connectivity index (χ3n) is 4.14. The number of ether oxygens (including phenoxy) is 1. The van der Waals surface area contributed by atoms with Crippen molar-refractivity contribution < 1.29 is 14.3 Å². The highest BCUT2D eigenvalue weighted by molar-refractivity contribution is 9.10. The molecule has 5 heteroatoms. The molecule has 3 rings (SSSR count). The van der Waals surface area contributed by atoms with Gasteiger partial charge < -0.3 is 10.1 Å². The van der Waals surface area contributed by atoms with Gasteiger partial charge in [0.1, 0.15) is 12.6 Å². The number of amides is 1. The molecule has 0 aromatic heterocycles. The minimum Gasteiger partial charge on any atom is -0.459 e. The Morgan fingerprint density at radius 1 is 1.12 bits per heavy atom. The van der Waals surface area contributed by atoms with E-state index in [-0.39, 0.29) is 24.4 Å². The van der Waals surface area contributed by atoms with E-state index >= 15 is 0 Å². The van der Waals surface area contributed by atoms with Gasteiger partial charge in [-0.15, -0.1) is 0 Å². The van der Waals surface area contributed by atoms with Crippen LogP contribution in [0, 0.1) is 5.92 Å². The first-order chi connectivity index (χ1) is 11.6. The Kier molecular flexibility index (Phi) is 5.30. The SMILES string of the molecule is O=C1N[C@@H](C(=O)OCc2ccccc2)C[C@@H]1Cc1ccccc1Br. The predicted molar refractivity (Wildman–Crippen MR) is 94.1 cm³/mol. The molecule has 124 valence electrons. The smallest absolute Gasteiger partial charge is 0.328 e. The van der Waals surface area contributed by atoms with Crippen molar-refractivity contribution in [2.24, 2.45) is 5.92 Å². The summed E-state index contributed by atoms with van der Waals surface area (Å²) in [6.45, 7) is 0.223. The summed E-state index contributed by atoms with van der Waals surface area (Å²) in [5.74, 6) is -0.674. The number of hydrogen-bond donors (Lipinski definition) is 1.